The zero-order chi connectivity index (χ0) is 22.1. The normalized spacial score (nSPS) is 23.8. The van der Waals surface area contributed by atoms with Gasteiger partial charge in [-0.15, -0.1) is 11.3 Å². The highest BCUT2D eigenvalue weighted by Gasteiger charge is 2.33. The lowest BCUT2D eigenvalue weighted by atomic mass is 9.70. The maximum atomic E-state index is 14.7. The van der Waals surface area contributed by atoms with Gasteiger partial charge in [-0.3, -0.25) is 4.98 Å². The van der Waals surface area contributed by atoms with Crippen LogP contribution in [0.4, 0.5) is 4.39 Å². The standard InChI is InChI=1S/C27H32FNOS/c1-5-19-11-21(14-26(30)17(19)3)20-6-8-25(28)22(12-20)13-24-7-9-27(31-24)23-10-16(2)18(4)29-15-23/h6-10,12,15,17,19,21,26,30H,5,11,13-14H2,1-4H3/t17-,19?,21?,26?/m1/s1. The van der Waals surface area contributed by atoms with Crippen molar-refractivity contribution in [3.8, 4) is 10.4 Å². The van der Waals surface area contributed by atoms with E-state index in [2.05, 4.69) is 44.0 Å². The summed E-state index contributed by atoms with van der Waals surface area (Å²) in [5, 5.41) is 10.5. The molecule has 4 rings (SSSR count). The summed E-state index contributed by atoms with van der Waals surface area (Å²) in [5.74, 6) is 1.01. The third-order valence-electron chi connectivity index (χ3n) is 7.18. The summed E-state index contributed by atoms with van der Waals surface area (Å²) in [6.07, 6.45) is 5.15. The molecule has 4 heteroatoms. The Bertz CT molecular complexity index is 1060. The lowest BCUT2D eigenvalue weighted by Gasteiger charge is -2.38. The molecule has 0 aliphatic heterocycles. The minimum atomic E-state index is -0.274. The van der Waals surface area contributed by atoms with Gasteiger partial charge in [-0.25, -0.2) is 4.39 Å². The van der Waals surface area contributed by atoms with E-state index in [0.717, 1.165) is 51.4 Å². The molecule has 1 fully saturated rings. The number of nitrogens with zero attached hydrogens (tertiary/aromatic N) is 1. The summed E-state index contributed by atoms with van der Waals surface area (Å²) < 4.78 is 14.7. The average molecular weight is 438 g/mol. The van der Waals surface area contributed by atoms with Gasteiger partial charge in [0.1, 0.15) is 5.82 Å². The second kappa shape index (κ2) is 9.22. The van der Waals surface area contributed by atoms with E-state index in [1.54, 1.807) is 17.4 Å². The van der Waals surface area contributed by atoms with Crippen molar-refractivity contribution in [3.63, 3.8) is 0 Å². The number of hydrogen-bond acceptors (Lipinski definition) is 3. The smallest absolute Gasteiger partial charge is 0.126 e. The van der Waals surface area contributed by atoms with Crippen LogP contribution >= 0.6 is 11.3 Å². The van der Waals surface area contributed by atoms with Crippen molar-refractivity contribution in [2.75, 3.05) is 0 Å². The maximum absolute atomic E-state index is 14.7. The number of aryl methyl sites for hydroxylation is 2. The summed E-state index contributed by atoms with van der Waals surface area (Å²) in [5.41, 5.74) is 5.25. The Hall–Kier alpha value is -2.04. The molecule has 3 aromatic rings. The van der Waals surface area contributed by atoms with Gasteiger partial charge in [-0.05, 0) is 85.4 Å². The molecule has 2 nitrogen and oxygen atoms in total. The number of rotatable bonds is 5. The third-order valence-corrected chi connectivity index (χ3v) is 8.31. The molecule has 0 bridgehead atoms. The molecule has 0 radical (unpaired) electrons. The highest BCUT2D eigenvalue weighted by molar-refractivity contribution is 7.15. The first-order chi connectivity index (χ1) is 14.9. The van der Waals surface area contributed by atoms with E-state index in [0.29, 0.717) is 24.2 Å². The van der Waals surface area contributed by atoms with Crippen LogP contribution in [0.3, 0.4) is 0 Å². The van der Waals surface area contributed by atoms with Gasteiger partial charge in [0.15, 0.2) is 0 Å². The summed E-state index contributed by atoms with van der Waals surface area (Å²) in [6, 6.07) is 11.9. The van der Waals surface area contributed by atoms with Gasteiger partial charge < -0.3 is 5.11 Å². The fourth-order valence-electron chi connectivity index (χ4n) is 4.89. The number of aliphatic hydroxyl groups is 1. The first kappa shape index (κ1) is 22.2. The van der Waals surface area contributed by atoms with Gasteiger partial charge >= 0.3 is 0 Å². The minimum absolute atomic E-state index is 0.150. The van der Waals surface area contributed by atoms with Crippen molar-refractivity contribution in [2.45, 2.75) is 65.4 Å². The Morgan fingerprint density at radius 1 is 1.13 bits per heavy atom. The minimum Gasteiger partial charge on any atom is -0.393 e. The van der Waals surface area contributed by atoms with Crippen molar-refractivity contribution < 1.29 is 9.50 Å². The molecule has 1 saturated carbocycles. The number of benzene rings is 1. The fourth-order valence-corrected chi connectivity index (χ4v) is 5.90. The van der Waals surface area contributed by atoms with Gasteiger partial charge in [0.05, 0.1) is 6.10 Å². The number of aromatic nitrogens is 1. The number of halogens is 1. The molecular formula is C27H32FNOS. The maximum Gasteiger partial charge on any atom is 0.126 e. The van der Waals surface area contributed by atoms with Crippen molar-refractivity contribution >= 4 is 11.3 Å². The summed E-state index contributed by atoms with van der Waals surface area (Å²) in [6.45, 7) is 8.45. The molecular weight excluding hydrogens is 405 g/mol. The molecule has 0 spiro atoms. The van der Waals surface area contributed by atoms with E-state index in [9.17, 15) is 9.50 Å². The molecule has 1 aliphatic carbocycles. The molecule has 2 heterocycles. The van der Waals surface area contributed by atoms with Gasteiger partial charge in [0, 0.05) is 33.6 Å². The van der Waals surface area contributed by atoms with E-state index in [4.69, 9.17) is 0 Å². The molecule has 3 unspecified atom stereocenters. The Labute approximate surface area is 189 Å². The Balaban J connectivity index is 1.54. The molecule has 164 valence electrons. The van der Waals surface area contributed by atoms with E-state index in [-0.39, 0.29) is 11.9 Å². The van der Waals surface area contributed by atoms with Crippen LogP contribution in [0, 0.1) is 31.5 Å². The average Bonchev–Trinajstić information content (AvgIpc) is 3.22. The second-order valence-electron chi connectivity index (χ2n) is 9.18. The van der Waals surface area contributed by atoms with Crippen LogP contribution < -0.4 is 0 Å². The Morgan fingerprint density at radius 3 is 2.68 bits per heavy atom. The lowest BCUT2D eigenvalue weighted by molar-refractivity contribution is 0.0310. The van der Waals surface area contributed by atoms with Crippen molar-refractivity contribution in [3.05, 3.63) is 75.7 Å². The van der Waals surface area contributed by atoms with Crippen LogP contribution in [0.25, 0.3) is 10.4 Å². The Morgan fingerprint density at radius 2 is 1.94 bits per heavy atom. The number of thiophene rings is 1. The summed E-state index contributed by atoms with van der Waals surface area (Å²) in [7, 11) is 0. The van der Waals surface area contributed by atoms with Gasteiger partial charge in [0.2, 0.25) is 0 Å². The monoisotopic (exact) mass is 437 g/mol. The summed E-state index contributed by atoms with van der Waals surface area (Å²) >= 11 is 1.70. The van der Waals surface area contributed by atoms with Gasteiger partial charge in [-0.2, -0.15) is 0 Å². The molecule has 1 aliphatic rings. The largest absolute Gasteiger partial charge is 0.393 e. The van der Waals surface area contributed by atoms with Gasteiger partial charge in [0.25, 0.3) is 0 Å². The third kappa shape index (κ3) is 4.75. The molecule has 1 N–H and O–H groups in total. The Kier molecular flexibility index (Phi) is 6.59. The highest BCUT2D eigenvalue weighted by atomic mass is 32.1. The first-order valence-electron chi connectivity index (χ1n) is 11.3. The molecule has 2 aromatic heterocycles. The zero-order valence-corrected chi connectivity index (χ0v) is 19.7. The zero-order valence-electron chi connectivity index (χ0n) is 18.9. The van der Waals surface area contributed by atoms with Crippen molar-refractivity contribution in [1.29, 1.82) is 0 Å². The number of hydrogen-bond donors (Lipinski definition) is 1. The predicted octanol–water partition coefficient (Wildman–Crippen LogP) is 7.06. The van der Waals surface area contributed by atoms with Crippen LogP contribution in [0.1, 0.15) is 66.3 Å². The van der Waals surface area contributed by atoms with Crippen molar-refractivity contribution in [1.82, 2.24) is 4.98 Å². The van der Waals surface area contributed by atoms with E-state index < -0.39 is 0 Å². The van der Waals surface area contributed by atoms with Crippen LogP contribution in [0.5, 0.6) is 0 Å². The molecule has 4 atom stereocenters. The SMILES string of the molecule is CCC1CC(c2ccc(F)c(Cc3ccc(-c4cnc(C)c(C)c4)s3)c2)CC(O)[C@@H]1C. The molecule has 0 amide bonds. The second-order valence-corrected chi connectivity index (χ2v) is 10.4. The van der Waals surface area contributed by atoms with E-state index in [1.165, 1.54) is 5.56 Å². The van der Waals surface area contributed by atoms with Crippen LogP contribution in [0.15, 0.2) is 42.6 Å². The lowest BCUT2D eigenvalue weighted by Crippen LogP contribution is -2.33. The van der Waals surface area contributed by atoms with E-state index >= 15 is 0 Å². The predicted molar refractivity (Wildman–Crippen MR) is 127 cm³/mol. The fraction of sp³-hybridized carbons (Fsp3) is 0.444. The first-order valence-corrected chi connectivity index (χ1v) is 12.2. The van der Waals surface area contributed by atoms with Crippen LogP contribution in [-0.4, -0.2) is 16.2 Å². The molecule has 0 saturated heterocycles. The number of aliphatic hydroxyl groups excluding tert-OH is 1. The van der Waals surface area contributed by atoms with Crippen LogP contribution in [0.2, 0.25) is 0 Å². The molecule has 1 aromatic carbocycles. The topological polar surface area (TPSA) is 33.1 Å². The van der Waals surface area contributed by atoms with Crippen molar-refractivity contribution in [2.24, 2.45) is 11.8 Å². The quantitative estimate of drug-likeness (QED) is 0.463. The van der Waals surface area contributed by atoms with E-state index in [1.807, 2.05) is 25.3 Å². The molecule has 31 heavy (non-hydrogen) atoms. The number of pyridine rings is 1. The summed E-state index contributed by atoms with van der Waals surface area (Å²) in [4.78, 5) is 6.79. The highest BCUT2D eigenvalue weighted by Crippen LogP contribution is 2.41. The van der Waals surface area contributed by atoms with Gasteiger partial charge in [-0.1, -0.05) is 32.4 Å². The van der Waals surface area contributed by atoms with Crippen LogP contribution in [-0.2, 0) is 6.42 Å².